The van der Waals surface area contributed by atoms with E-state index in [0.717, 1.165) is 42.9 Å². The first kappa shape index (κ1) is 14.1. The minimum Gasteiger partial charge on any atom is -0.497 e. The van der Waals surface area contributed by atoms with E-state index in [-0.39, 0.29) is 6.61 Å². The Kier molecular flexibility index (Phi) is 4.61. The molecule has 0 radical (unpaired) electrons. The summed E-state index contributed by atoms with van der Waals surface area (Å²) in [6.45, 7) is 2.02. The van der Waals surface area contributed by atoms with Crippen LogP contribution in [-0.2, 0) is 0 Å². The molecular formula is C14H20N2O2S. The number of aliphatic hydroxyl groups excluding tert-OH is 1. The van der Waals surface area contributed by atoms with E-state index in [9.17, 15) is 5.11 Å². The van der Waals surface area contributed by atoms with Gasteiger partial charge in [0.15, 0.2) is 0 Å². The molecule has 0 aliphatic carbocycles. The molecular weight excluding hydrogens is 260 g/mol. The van der Waals surface area contributed by atoms with E-state index in [2.05, 4.69) is 4.90 Å². The molecule has 1 unspecified atom stereocenters. The lowest BCUT2D eigenvalue weighted by Crippen LogP contribution is -2.37. The number of benzene rings is 1. The van der Waals surface area contributed by atoms with Crippen LogP contribution < -0.4 is 15.4 Å². The van der Waals surface area contributed by atoms with Crippen molar-refractivity contribution in [3.05, 3.63) is 23.8 Å². The number of rotatable bonds is 4. The number of ether oxygens (including phenoxy) is 1. The van der Waals surface area contributed by atoms with E-state index in [1.165, 1.54) is 0 Å². The van der Waals surface area contributed by atoms with E-state index in [4.69, 9.17) is 22.7 Å². The van der Waals surface area contributed by atoms with Gasteiger partial charge in [0.2, 0.25) is 0 Å². The third kappa shape index (κ3) is 3.16. The normalized spacial score (nSPS) is 19.3. The number of piperidine rings is 1. The predicted octanol–water partition coefficient (Wildman–Crippen LogP) is 1.54. The van der Waals surface area contributed by atoms with Crippen molar-refractivity contribution in [3.8, 4) is 5.75 Å². The standard InChI is InChI=1S/C14H20N2O2S/c1-18-11-4-5-12(14(15)19)13(7-11)16-6-2-3-10(8-16)9-17/h4-5,7,10,17H,2-3,6,8-9H2,1H3,(H2,15,19). The summed E-state index contributed by atoms with van der Waals surface area (Å²) >= 11 is 5.12. The molecule has 1 heterocycles. The Morgan fingerprint density at radius 1 is 1.58 bits per heavy atom. The van der Waals surface area contributed by atoms with Crippen LogP contribution in [0.15, 0.2) is 18.2 Å². The first-order chi connectivity index (χ1) is 9.15. The fourth-order valence-electron chi connectivity index (χ4n) is 2.54. The molecule has 1 fully saturated rings. The Hall–Kier alpha value is -1.33. The van der Waals surface area contributed by atoms with Crippen molar-refractivity contribution in [2.75, 3.05) is 31.7 Å². The number of methoxy groups -OCH3 is 1. The number of hydrogen-bond donors (Lipinski definition) is 2. The lowest BCUT2D eigenvalue weighted by Gasteiger charge is -2.34. The van der Waals surface area contributed by atoms with Crippen LogP contribution in [-0.4, -0.2) is 36.9 Å². The second-order valence-electron chi connectivity index (χ2n) is 4.88. The summed E-state index contributed by atoms with van der Waals surface area (Å²) in [5.74, 6) is 1.11. The van der Waals surface area contributed by atoms with Gasteiger partial charge < -0.3 is 20.5 Å². The largest absolute Gasteiger partial charge is 0.497 e. The van der Waals surface area contributed by atoms with E-state index < -0.39 is 0 Å². The number of thiocarbonyl (C=S) groups is 1. The lowest BCUT2D eigenvalue weighted by molar-refractivity contribution is 0.208. The minimum atomic E-state index is 0.225. The third-order valence-electron chi connectivity index (χ3n) is 3.59. The van der Waals surface area contributed by atoms with Crippen LogP contribution in [0.25, 0.3) is 0 Å². The molecule has 0 bridgehead atoms. The number of hydrogen-bond acceptors (Lipinski definition) is 4. The van der Waals surface area contributed by atoms with Crippen molar-refractivity contribution in [2.45, 2.75) is 12.8 Å². The maximum atomic E-state index is 9.33. The zero-order valence-electron chi connectivity index (χ0n) is 11.1. The molecule has 0 spiro atoms. The predicted molar refractivity (Wildman–Crippen MR) is 80.9 cm³/mol. The van der Waals surface area contributed by atoms with Crippen LogP contribution in [0.1, 0.15) is 18.4 Å². The van der Waals surface area contributed by atoms with Gasteiger partial charge in [0.1, 0.15) is 10.7 Å². The van der Waals surface area contributed by atoms with Crippen molar-refractivity contribution < 1.29 is 9.84 Å². The Morgan fingerprint density at radius 3 is 3.00 bits per heavy atom. The second kappa shape index (κ2) is 6.21. The van der Waals surface area contributed by atoms with Gasteiger partial charge in [0.05, 0.1) is 12.8 Å². The maximum absolute atomic E-state index is 9.33. The van der Waals surface area contributed by atoms with Crippen LogP contribution >= 0.6 is 12.2 Å². The summed E-state index contributed by atoms with van der Waals surface area (Å²) in [6.07, 6.45) is 2.14. The molecule has 4 nitrogen and oxygen atoms in total. The molecule has 1 aromatic rings. The van der Waals surface area contributed by atoms with Crippen molar-refractivity contribution >= 4 is 22.9 Å². The van der Waals surface area contributed by atoms with E-state index in [1.807, 2.05) is 18.2 Å². The number of anilines is 1. The SMILES string of the molecule is COc1ccc(C(N)=S)c(N2CCCC(CO)C2)c1. The van der Waals surface area contributed by atoms with Gasteiger partial charge in [-0.25, -0.2) is 0 Å². The van der Waals surface area contributed by atoms with Crippen LogP contribution in [0.3, 0.4) is 0 Å². The number of nitrogens with zero attached hydrogens (tertiary/aromatic N) is 1. The van der Waals surface area contributed by atoms with Crippen LogP contribution in [0, 0.1) is 5.92 Å². The average Bonchev–Trinajstić information content (AvgIpc) is 2.46. The lowest BCUT2D eigenvalue weighted by atomic mass is 9.97. The Balaban J connectivity index is 2.32. The highest BCUT2D eigenvalue weighted by atomic mass is 32.1. The van der Waals surface area contributed by atoms with Crippen molar-refractivity contribution in [1.29, 1.82) is 0 Å². The van der Waals surface area contributed by atoms with Gasteiger partial charge in [-0.1, -0.05) is 12.2 Å². The maximum Gasteiger partial charge on any atom is 0.120 e. The first-order valence-electron chi connectivity index (χ1n) is 6.49. The monoisotopic (exact) mass is 280 g/mol. The molecule has 1 aliphatic heterocycles. The molecule has 0 amide bonds. The van der Waals surface area contributed by atoms with Gasteiger partial charge in [0.25, 0.3) is 0 Å². The first-order valence-corrected chi connectivity index (χ1v) is 6.90. The van der Waals surface area contributed by atoms with Gasteiger partial charge in [-0.2, -0.15) is 0 Å². The van der Waals surface area contributed by atoms with Crippen LogP contribution in [0.2, 0.25) is 0 Å². The fraction of sp³-hybridized carbons (Fsp3) is 0.500. The molecule has 1 aromatic carbocycles. The molecule has 5 heteroatoms. The van der Waals surface area contributed by atoms with Gasteiger partial charge in [-0.3, -0.25) is 0 Å². The highest BCUT2D eigenvalue weighted by Gasteiger charge is 2.22. The molecule has 1 aliphatic rings. The minimum absolute atomic E-state index is 0.225. The number of aliphatic hydroxyl groups is 1. The smallest absolute Gasteiger partial charge is 0.120 e. The van der Waals surface area contributed by atoms with E-state index in [0.29, 0.717) is 10.9 Å². The molecule has 3 N–H and O–H groups in total. The van der Waals surface area contributed by atoms with Crippen LogP contribution in [0.4, 0.5) is 5.69 Å². The topological polar surface area (TPSA) is 58.7 Å². The molecule has 2 rings (SSSR count). The summed E-state index contributed by atoms with van der Waals surface area (Å²) < 4.78 is 5.27. The van der Waals surface area contributed by atoms with Gasteiger partial charge in [0, 0.05) is 31.3 Å². The fourth-order valence-corrected chi connectivity index (χ4v) is 2.71. The summed E-state index contributed by atoms with van der Waals surface area (Å²) in [4.78, 5) is 2.63. The zero-order chi connectivity index (χ0) is 13.8. The van der Waals surface area contributed by atoms with Crippen molar-refractivity contribution in [3.63, 3.8) is 0 Å². The molecule has 1 saturated heterocycles. The third-order valence-corrected chi connectivity index (χ3v) is 3.81. The van der Waals surface area contributed by atoms with Crippen molar-refractivity contribution in [1.82, 2.24) is 0 Å². The van der Waals surface area contributed by atoms with Gasteiger partial charge in [-0.05, 0) is 30.9 Å². The molecule has 0 aromatic heterocycles. The number of nitrogens with two attached hydrogens (primary N) is 1. The van der Waals surface area contributed by atoms with Gasteiger partial charge >= 0.3 is 0 Å². The van der Waals surface area contributed by atoms with Gasteiger partial charge in [-0.15, -0.1) is 0 Å². The molecule has 0 saturated carbocycles. The summed E-state index contributed by atoms with van der Waals surface area (Å²) in [5, 5.41) is 9.33. The van der Waals surface area contributed by atoms with Crippen molar-refractivity contribution in [2.24, 2.45) is 11.7 Å². The summed E-state index contributed by atoms with van der Waals surface area (Å²) in [7, 11) is 1.65. The molecule has 1 atom stereocenters. The second-order valence-corrected chi connectivity index (χ2v) is 5.32. The van der Waals surface area contributed by atoms with E-state index >= 15 is 0 Å². The molecule has 19 heavy (non-hydrogen) atoms. The Labute approximate surface area is 119 Å². The quantitative estimate of drug-likeness (QED) is 0.819. The summed E-state index contributed by atoms with van der Waals surface area (Å²) in [5.41, 5.74) is 7.67. The highest BCUT2D eigenvalue weighted by molar-refractivity contribution is 7.80. The Morgan fingerprint density at radius 2 is 2.37 bits per heavy atom. The van der Waals surface area contributed by atoms with E-state index in [1.54, 1.807) is 7.11 Å². The molecule has 104 valence electrons. The Bertz CT molecular complexity index is 465. The summed E-state index contributed by atoms with van der Waals surface area (Å²) in [6, 6.07) is 5.73. The highest BCUT2D eigenvalue weighted by Crippen LogP contribution is 2.30. The zero-order valence-corrected chi connectivity index (χ0v) is 11.9. The average molecular weight is 280 g/mol. The van der Waals surface area contributed by atoms with Crippen LogP contribution in [0.5, 0.6) is 5.75 Å².